The van der Waals surface area contributed by atoms with Crippen molar-refractivity contribution in [2.24, 2.45) is 5.73 Å². The number of ether oxygens (including phenoxy) is 1. The number of benzene rings is 2. The number of halogens is 2. The molecule has 0 saturated heterocycles. The molecular weight excluding hydrogens is 417 g/mol. The summed E-state index contributed by atoms with van der Waals surface area (Å²) >= 11 is 5.84. The van der Waals surface area contributed by atoms with E-state index < -0.39 is 0 Å². The molecule has 2 N–H and O–H groups in total. The van der Waals surface area contributed by atoms with Gasteiger partial charge in [-0.05, 0) is 77.9 Å². The van der Waals surface area contributed by atoms with Crippen LogP contribution in [0.2, 0.25) is 0 Å². The molecular formula is C15H15BrINO. The third kappa shape index (κ3) is 4.47. The van der Waals surface area contributed by atoms with Crippen LogP contribution in [0, 0.1) is 3.57 Å². The van der Waals surface area contributed by atoms with E-state index in [1.807, 2.05) is 43.3 Å². The zero-order chi connectivity index (χ0) is 13.8. The third-order valence-electron chi connectivity index (χ3n) is 2.62. The monoisotopic (exact) mass is 431 g/mol. The largest absolute Gasteiger partial charge is 0.457 e. The second kappa shape index (κ2) is 6.72. The Bertz CT molecular complexity index is 555. The molecule has 0 bridgehead atoms. The summed E-state index contributed by atoms with van der Waals surface area (Å²) < 4.78 is 8.04. The van der Waals surface area contributed by atoms with Crippen LogP contribution in [0.15, 0.2) is 46.9 Å². The van der Waals surface area contributed by atoms with Gasteiger partial charge in [0.2, 0.25) is 0 Å². The number of nitrogens with two attached hydrogens (primary N) is 1. The van der Waals surface area contributed by atoms with Crippen molar-refractivity contribution < 1.29 is 4.74 Å². The molecule has 0 heterocycles. The van der Waals surface area contributed by atoms with Crippen molar-refractivity contribution in [3.05, 3.63) is 56.1 Å². The molecule has 0 aliphatic rings. The predicted molar refractivity (Wildman–Crippen MR) is 90.7 cm³/mol. The van der Waals surface area contributed by atoms with E-state index in [1.54, 1.807) is 0 Å². The molecule has 1 atom stereocenters. The lowest BCUT2D eigenvalue weighted by molar-refractivity contribution is 0.482. The molecule has 100 valence electrons. The first kappa shape index (κ1) is 14.8. The summed E-state index contributed by atoms with van der Waals surface area (Å²) in [5.74, 6) is 1.66. The van der Waals surface area contributed by atoms with Crippen LogP contribution in [-0.4, -0.2) is 6.04 Å². The van der Waals surface area contributed by atoms with Crippen LogP contribution in [0.25, 0.3) is 0 Å². The van der Waals surface area contributed by atoms with E-state index >= 15 is 0 Å². The first-order chi connectivity index (χ1) is 9.04. The predicted octanol–water partition coefficient (Wildman–Crippen LogP) is 4.74. The highest BCUT2D eigenvalue weighted by atomic mass is 127. The van der Waals surface area contributed by atoms with Crippen molar-refractivity contribution in [1.29, 1.82) is 0 Å². The molecule has 2 rings (SSSR count). The van der Waals surface area contributed by atoms with E-state index in [2.05, 4.69) is 44.6 Å². The smallest absolute Gasteiger partial charge is 0.128 e. The van der Waals surface area contributed by atoms with Crippen molar-refractivity contribution in [2.75, 3.05) is 0 Å². The van der Waals surface area contributed by atoms with E-state index in [0.717, 1.165) is 22.4 Å². The Morgan fingerprint density at radius 2 is 1.79 bits per heavy atom. The minimum atomic E-state index is 0.152. The molecule has 19 heavy (non-hydrogen) atoms. The standard InChI is InChI=1S/C15H15BrINO/c1-10(18)8-11-2-5-14(9-15(11)16)19-13-6-3-12(17)4-7-13/h2-7,9-10H,8,18H2,1H3. The van der Waals surface area contributed by atoms with Crippen LogP contribution < -0.4 is 10.5 Å². The van der Waals surface area contributed by atoms with Crippen LogP contribution in [0.1, 0.15) is 12.5 Å². The maximum absolute atomic E-state index is 5.82. The van der Waals surface area contributed by atoms with E-state index in [0.29, 0.717) is 0 Å². The van der Waals surface area contributed by atoms with Gasteiger partial charge in [0.15, 0.2) is 0 Å². The lowest BCUT2D eigenvalue weighted by Crippen LogP contribution is -2.17. The van der Waals surface area contributed by atoms with Crippen LogP contribution in [0.4, 0.5) is 0 Å². The van der Waals surface area contributed by atoms with Gasteiger partial charge in [-0.3, -0.25) is 0 Å². The lowest BCUT2D eigenvalue weighted by atomic mass is 10.1. The number of rotatable bonds is 4. The molecule has 0 aliphatic carbocycles. The summed E-state index contributed by atoms with van der Waals surface area (Å²) in [7, 11) is 0. The van der Waals surface area contributed by atoms with Gasteiger partial charge >= 0.3 is 0 Å². The molecule has 2 aromatic rings. The molecule has 0 saturated carbocycles. The van der Waals surface area contributed by atoms with Crippen molar-refractivity contribution in [3.63, 3.8) is 0 Å². The lowest BCUT2D eigenvalue weighted by Gasteiger charge is -2.10. The van der Waals surface area contributed by atoms with Gasteiger partial charge in [0, 0.05) is 14.1 Å². The third-order valence-corrected chi connectivity index (χ3v) is 4.07. The highest BCUT2D eigenvalue weighted by Crippen LogP contribution is 2.28. The second-order valence-corrected chi connectivity index (χ2v) is 6.59. The number of hydrogen-bond donors (Lipinski definition) is 1. The minimum Gasteiger partial charge on any atom is -0.457 e. The average Bonchev–Trinajstić information content (AvgIpc) is 2.35. The summed E-state index contributed by atoms with van der Waals surface area (Å²) in [5.41, 5.74) is 7.02. The van der Waals surface area contributed by atoms with E-state index in [4.69, 9.17) is 10.5 Å². The Morgan fingerprint density at radius 1 is 1.16 bits per heavy atom. The first-order valence-corrected chi connectivity index (χ1v) is 7.89. The minimum absolute atomic E-state index is 0.152. The molecule has 0 radical (unpaired) electrons. The summed E-state index contributed by atoms with van der Waals surface area (Å²) in [5, 5.41) is 0. The van der Waals surface area contributed by atoms with Gasteiger partial charge in [-0.2, -0.15) is 0 Å². The number of hydrogen-bond acceptors (Lipinski definition) is 2. The van der Waals surface area contributed by atoms with Crippen LogP contribution in [0.3, 0.4) is 0 Å². The van der Waals surface area contributed by atoms with Crippen molar-refractivity contribution in [2.45, 2.75) is 19.4 Å². The fraction of sp³-hybridized carbons (Fsp3) is 0.200. The maximum atomic E-state index is 5.82. The fourth-order valence-electron chi connectivity index (χ4n) is 1.74. The molecule has 0 aliphatic heterocycles. The first-order valence-electron chi connectivity index (χ1n) is 6.02. The highest BCUT2D eigenvalue weighted by molar-refractivity contribution is 14.1. The Balaban J connectivity index is 2.13. The van der Waals surface area contributed by atoms with Crippen molar-refractivity contribution >= 4 is 38.5 Å². The Hall–Kier alpha value is -0.590. The van der Waals surface area contributed by atoms with Gasteiger partial charge in [-0.25, -0.2) is 0 Å². The average molecular weight is 432 g/mol. The molecule has 0 spiro atoms. The molecule has 0 fully saturated rings. The zero-order valence-corrected chi connectivity index (χ0v) is 14.3. The SMILES string of the molecule is CC(N)Cc1ccc(Oc2ccc(I)cc2)cc1Br. The summed E-state index contributed by atoms with van der Waals surface area (Å²) in [4.78, 5) is 0. The van der Waals surface area contributed by atoms with Crippen molar-refractivity contribution in [1.82, 2.24) is 0 Å². The van der Waals surface area contributed by atoms with Gasteiger partial charge < -0.3 is 10.5 Å². The Morgan fingerprint density at radius 3 is 2.37 bits per heavy atom. The molecule has 4 heteroatoms. The summed E-state index contributed by atoms with van der Waals surface area (Å²) in [6.07, 6.45) is 0.852. The van der Waals surface area contributed by atoms with Crippen LogP contribution >= 0.6 is 38.5 Å². The van der Waals surface area contributed by atoms with Crippen LogP contribution in [-0.2, 0) is 6.42 Å². The fourth-order valence-corrected chi connectivity index (χ4v) is 2.62. The van der Waals surface area contributed by atoms with Gasteiger partial charge in [-0.15, -0.1) is 0 Å². The molecule has 2 nitrogen and oxygen atoms in total. The van der Waals surface area contributed by atoms with Gasteiger partial charge in [0.25, 0.3) is 0 Å². The molecule has 0 amide bonds. The highest BCUT2D eigenvalue weighted by Gasteiger charge is 2.05. The topological polar surface area (TPSA) is 35.2 Å². The quantitative estimate of drug-likeness (QED) is 0.710. The molecule has 1 unspecified atom stereocenters. The molecule has 0 aromatic heterocycles. The van der Waals surface area contributed by atoms with E-state index in [1.165, 1.54) is 9.13 Å². The van der Waals surface area contributed by atoms with Crippen LogP contribution in [0.5, 0.6) is 11.5 Å². The maximum Gasteiger partial charge on any atom is 0.128 e. The van der Waals surface area contributed by atoms with Crippen molar-refractivity contribution in [3.8, 4) is 11.5 Å². The van der Waals surface area contributed by atoms with Gasteiger partial charge in [0.1, 0.15) is 11.5 Å². The van der Waals surface area contributed by atoms with E-state index in [-0.39, 0.29) is 6.04 Å². The Kier molecular flexibility index (Phi) is 5.24. The molecule has 2 aromatic carbocycles. The zero-order valence-electron chi connectivity index (χ0n) is 10.6. The summed E-state index contributed by atoms with van der Waals surface area (Å²) in [6.45, 7) is 2.00. The van der Waals surface area contributed by atoms with Gasteiger partial charge in [-0.1, -0.05) is 22.0 Å². The second-order valence-electron chi connectivity index (χ2n) is 4.49. The Labute approximate surface area is 135 Å². The summed E-state index contributed by atoms with van der Waals surface area (Å²) in [6, 6.07) is 14.1. The normalized spacial score (nSPS) is 12.2. The van der Waals surface area contributed by atoms with Gasteiger partial charge in [0.05, 0.1) is 0 Å². The van der Waals surface area contributed by atoms with E-state index in [9.17, 15) is 0 Å².